The highest BCUT2D eigenvalue weighted by Crippen LogP contribution is 2.26. The minimum absolute atomic E-state index is 0.375. The summed E-state index contributed by atoms with van der Waals surface area (Å²) in [6, 6.07) is 7.55. The number of hydrogen-bond acceptors (Lipinski definition) is 4. The van der Waals surface area contributed by atoms with Crippen molar-refractivity contribution in [3.8, 4) is 5.75 Å². The lowest BCUT2D eigenvalue weighted by Crippen LogP contribution is -2.47. The van der Waals surface area contributed by atoms with Crippen molar-refractivity contribution in [1.82, 2.24) is 4.90 Å². The van der Waals surface area contributed by atoms with Crippen LogP contribution in [0.3, 0.4) is 0 Å². The van der Waals surface area contributed by atoms with E-state index in [4.69, 9.17) is 4.74 Å². The Morgan fingerprint density at radius 1 is 1.17 bits per heavy atom. The first kappa shape index (κ1) is 13.2. The molecule has 0 aliphatic carbocycles. The number of rotatable bonds is 5. The van der Waals surface area contributed by atoms with Crippen molar-refractivity contribution in [2.45, 2.75) is 6.92 Å². The van der Waals surface area contributed by atoms with E-state index in [9.17, 15) is 5.11 Å². The Bertz CT molecular complexity index is 363. The van der Waals surface area contributed by atoms with Crippen molar-refractivity contribution in [3.05, 3.63) is 24.3 Å². The van der Waals surface area contributed by atoms with Crippen LogP contribution in [-0.2, 0) is 4.74 Å². The summed E-state index contributed by atoms with van der Waals surface area (Å²) >= 11 is 0. The number of para-hydroxylation sites is 2. The summed E-state index contributed by atoms with van der Waals surface area (Å²) in [5, 5.41) is 9.83. The molecule has 4 heteroatoms. The third kappa shape index (κ3) is 3.37. The number of phenols is 1. The molecule has 0 aromatic heterocycles. The predicted octanol–water partition coefficient (Wildman–Crippen LogP) is 1.55. The summed E-state index contributed by atoms with van der Waals surface area (Å²) in [4.78, 5) is 4.65. The van der Waals surface area contributed by atoms with E-state index in [2.05, 4.69) is 9.80 Å². The first-order valence-electron chi connectivity index (χ1n) is 6.64. The van der Waals surface area contributed by atoms with Crippen LogP contribution in [0.4, 0.5) is 5.69 Å². The molecule has 4 nitrogen and oxygen atoms in total. The monoisotopic (exact) mass is 250 g/mol. The van der Waals surface area contributed by atoms with Crippen molar-refractivity contribution in [2.75, 3.05) is 50.8 Å². The van der Waals surface area contributed by atoms with Crippen LogP contribution in [0.2, 0.25) is 0 Å². The van der Waals surface area contributed by atoms with Crippen LogP contribution >= 0.6 is 0 Å². The van der Waals surface area contributed by atoms with E-state index in [0.717, 1.165) is 51.6 Å². The molecule has 1 aliphatic rings. The van der Waals surface area contributed by atoms with Gasteiger partial charge in [-0.3, -0.25) is 4.90 Å². The molecule has 1 fully saturated rings. The Balaban J connectivity index is 1.81. The van der Waals surface area contributed by atoms with E-state index in [-0.39, 0.29) is 0 Å². The van der Waals surface area contributed by atoms with Crippen LogP contribution in [0.15, 0.2) is 24.3 Å². The highest BCUT2D eigenvalue weighted by molar-refractivity contribution is 5.57. The molecule has 1 aliphatic heterocycles. The summed E-state index contributed by atoms with van der Waals surface area (Å²) in [5.74, 6) is 0.375. The summed E-state index contributed by atoms with van der Waals surface area (Å²) in [6.07, 6.45) is 0. The molecule has 1 aromatic rings. The van der Waals surface area contributed by atoms with Gasteiger partial charge in [-0.15, -0.1) is 0 Å². The van der Waals surface area contributed by atoms with E-state index < -0.39 is 0 Å². The molecule has 0 unspecified atom stereocenters. The Morgan fingerprint density at radius 3 is 2.56 bits per heavy atom. The van der Waals surface area contributed by atoms with Crippen LogP contribution in [0.5, 0.6) is 5.75 Å². The van der Waals surface area contributed by atoms with Gasteiger partial charge >= 0.3 is 0 Å². The normalized spacial score (nSPS) is 17.1. The number of piperazine rings is 1. The second kappa shape index (κ2) is 6.61. The van der Waals surface area contributed by atoms with Crippen LogP contribution in [-0.4, -0.2) is 55.9 Å². The zero-order valence-corrected chi connectivity index (χ0v) is 11.0. The van der Waals surface area contributed by atoms with E-state index in [0.29, 0.717) is 5.75 Å². The van der Waals surface area contributed by atoms with Gasteiger partial charge in [0, 0.05) is 39.3 Å². The first-order valence-corrected chi connectivity index (χ1v) is 6.64. The Labute approximate surface area is 109 Å². The van der Waals surface area contributed by atoms with Gasteiger partial charge in [-0.1, -0.05) is 12.1 Å². The van der Waals surface area contributed by atoms with Gasteiger partial charge in [0.15, 0.2) is 0 Å². The van der Waals surface area contributed by atoms with E-state index >= 15 is 0 Å². The first-order chi connectivity index (χ1) is 8.81. The molecule has 100 valence electrons. The number of phenolic OH excluding ortho intramolecular Hbond substituents is 1. The van der Waals surface area contributed by atoms with Gasteiger partial charge in [0.25, 0.3) is 0 Å². The molecule has 0 radical (unpaired) electrons. The zero-order chi connectivity index (χ0) is 12.8. The fraction of sp³-hybridized carbons (Fsp3) is 0.571. The quantitative estimate of drug-likeness (QED) is 0.804. The number of anilines is 1. The molecule has 1 N–H and O–H groups in total. The number of nitrogens with zero attached hydrogens (tertiary/aromatic N) is 2. The summed E-state index contributed by atoms with van der Waals surface area (Å²) in [5.41, 5.74) is 0.946. The number of hydrogen-bond donors (Lipinski definition) is 1. The Morgan fingerprint density at radius 2 is 1.89 bits per heavy atom. The van der Waals surface area contributed by atoms with Crippen LogP contribution in [0.1, 0.15) is 6.92 Å². The Hall–Kier alpha value is -1.26. The standard InChI is InChI=1S/C14H22N2O2/c1-2-18-12-11-15-7-9-16(10-8-15)13-5-3-4-6-14(13)17/h3-6,17H,2,7-12H2,1H3. The number of benzene rings is 1. The van der Waals surface area contributed by atoms with Crippen molar-refractivity contribution in [2.24, 2.45) is 0 Å². The average Bonchev–Trinajstić information content (AvgIpc) is 2.41. The van der Waals surface area contributed by atoms with Crippen LogP contribution in [0, 0.1) is 0 Å². The highest BCUT2D eigenvalue weighted by Gasteiger charge is 2.18. The van der Waals surface area contributed by atoms with E-state index in [1.807, 2.05) is 25.1 Å². The third-order valence-corrected chi connectivity index (χ3v) is 3.35. The van der Waals surface area contributed by atoms with E-state index in [1.165, 1.54) is 0 Å². The summed E-state index contributed by atoms with van der Waals surface area (Å²) in [7, 11) is 0. The van der Waals surface area contributed by atoms with Crippen LogP contribution < -0.4 is 4.90 Å². The molecule has 0 atom stereocenters. The maximum atomic E-state index is 9.83. The lowest BCUT2D eigenvalue weighted by atomic mass is 10.2. The molecule has 2 rings (SSSR count). The maximum absolute atomic E-state index is 9.83. The molecule has 1 heterocycles. The van der Waals surface area contributed by atoms with Gasteiger partial charge in [-0.2, -0.15) is 0 Å². The molecular weight excluding hydrogens is 228 g/mol. The van der Waals surface area contributed by atoms with Crippen LogP contribution in [0.25, 0.3) is 0 Å². The van der Waals surface area contributed by atoms with Gasteiger partial charge < -0.3 is 14.7 Å². The predicted molar refractivity (Wildman–Crippen MR) is 73.3 cm³/mol. The average molecular weight is 250 g/mol. The van der Waals surface area contributed by atoms with Crippen molar-refractivity contribution in [3.63, 3.8) is 0 Å². The second-order valence-electron chi connectivity index (χ2n) is 4.51. The van der Waals surface area contributed by atoms with Gasteiger partial charge in [0.1, 0.15) is 5.75 Å². The molecule has 0 spiro atoms. The zero-order valence-electron chi connectivity index (χ0n) is 11.0. The lowest BCUT2D eigenvalue weighted by Gasteiger charge is -2.36. The summed E-state index contributed by atoms with van der Waals surface area (Å²) < 4.78 is 5.37. The van der Waals surface area contributed by atoms with Gasteiger partial charge in [-0.05, 0) is 19.1 Å². The van der Waals surface area contributed by atoms with Gasteiger partial charge in [0.05, 0.1) is 12.3 Å². The van der Waals surface area contributed by atoms with Crippen molar-refractivity contribution in [1.29, 1.82) is 0 Å². The summed E-state index contributed by atoms with van der Waals surface area (Å²) in [6.45, 7) is 8.61. The van der Waals surface area contributed by atoms with E-state index in [1.54, 1.807) is 6.07 Å². The van der Waals surface area contributed by atoms with Crippen molar-refractivity contribution >= 4 is 5.69 Å². The van der Waals surface area contributed by atoms with Gasteiger partial charge in [0.2, 0.25) is 0 Å². The minimum Gasteiger partial charge on any atom is -0.506 e. The topological polar surface area (TPSA) is 35.9 Å². The lowest BCUT2D eigenvalue weighted by molar-refractivity contribution is 0.111. The molecule has 0 amide bonds. The maximum Gasteiger partial charge on any atom is 0.138 e. The molecule has 0 saturated carbocycles. The molecule has 1 saturated heterocycles. The molecule has 0 bridgehead atoms. The molecule has 18 heavy (non-hydrogen) atoms. The number of aromatic hydroxyl groups is 1. The largest absolute Gasteiger partial charge is 0.506 e. The third-order valence-electron chi connectivity index (χ3n) is 3.35. The Kier molecular flexibility index (Phi) is 4.84. The highest BCUT2D eigenvalue weighted by atomic mass is 16.5. The minimum atomic E-state index is 0.375. The smallest absolute Gasteiger partial charge is 0.138 e. The molecular formula is C14H22N2O2. The second-order valence-corrected chi connectivity index (χ2v) is 4.51. The fourth-order valence-electron chi connectivity index (χ4n) is 2.28. The fourth-order valence-corrected chi connectivity index (χ4v) is 2.28. The van der Waals surface area contributed by atoms with Gasteiger partial charge in [-0.25, -0.2) is 0 Å². The SMILES string of the molecule is CCOCCN1CCN(c2ccccc2O)CC1. The number of ether oxygens (including phenoxy) is 1. The van der Waals surface area contributed by atoms with Crippen molar-refractivity contribution < 1.29 is 9.84 Å². The molecule has 1 aromatic carbocycles.